The van der Waals surface area contributed by atoms with E-state index in [9.17, 15) is 9.18 Å². The number of benzene rings is 1. The van der Waals surface area contributed by atoms with Gasteiger partial charge in [0.2, 0.25) is 5.78 Å². The molecule has 0 radical (unpaired) electrons. The van der Waals surface area contributed by atoms with Crippen molar-refractivity contribution in [1.29, 1.82) is 0 Å². The number of carbonyl (C=O) groups is 1. The third-order valence-electron chi connectivity index (χ3n) is 2.66. The predicted molar refractivity (Wildman–Crippen MR) is 63.5 cm³/mol. The number of rotatable bonds is 2. The number of nitrogens with zero attached hydrogens (tertiary/aromatic N) is 1. The van der Waals surface area contributed by atoms with Gasteiger partial charge in [-0.05, 0) is 37.1 Å². The summed E-state index contributed by atoms with van der Waals surface area (Å²) in [4.78, 5) is 16.1. The van der Waals surface area contributed by atoms with Crippen LogP contribution in [-0.2, 0) is 0 Å². The zero-order chi connectivity index (χ0) is 12.4. The van der Waals surface area contributed by atoms with Crippen molar-refractivity contribution in [1.82, 2.24) is 4.98 Å². The first-order chi connectivity index (χ1) is 8.09. The molecule has 0 N–H and O–H groups in total. The molecule has 0 atom stereocenters. The van der Waals surface area contributed by atoms with Crippen molar-refractivity contribution in [3.05, 3.63) is 64.7 Å². The molecule has 2 nitrogen and oxygen atoms in total. The maximum Gasteiger partial charge on any atom is 0.211 e. The van der Waals surface area contributed by atoms with Gasteiger partial charge >= 0.3 is 0 Å². The Kier molecular flexibility index (Phi) is 3.00. The summed E-state index contributed by atoms with van der Waals surface area (Å²) in [7, 11) is 0. The lowest BCUT2D eigenvalue weighted by Gasteiger charge is -2.04. The minimum Gasteiger partial charge on any atom is -0.287 e. The molecule has 3 heteroatoms. The summed E-state index contributed by atoms with van der Waals surface area (Å²) in [5.74, 6) is -0.619. The number of pyridine rings is 1. The Morgan fingerprint density at radius 2 is 1.94 bits per heavy atom. The Morgan fingerprint density at radius 3 is 2.59 bits per heavy atom. The van der Waals surface area contributed by atoms with E-state index in [4.69, 9.17) is 0 Å². The SMILES string of the molecule is Cc1ccc(C(=O)c2ncccc2C)cc1F. The van der Waals surface area contributed by atoms with Gasteiger partial charge in [-0.2, -0.15) is 0 Å². The van der Waals surface area contributed by atoms with E-state index in [-0.39, 0.29) is 11.6 Å². The van der Waals surface area contributed by atoms with Crippen LogP contribution in [0.25, 0.3) is 0 Å². The van der Waals surface area contributed by atoms with Crippen molar-refractivity contribution in [2.24, 2.45) is 0 Å². The fraction of sp³-hybridized carbons (Fsp3) is 0.143. The lowest BCUT2D eigenvalue weighted by atomic mass is 10.0. The van der Waals surface area contributed by atoms with Crippen LogP contribution in [0.4, 0.5) is 4.39 Å². The molecule has 1 aromatic carbocycles. The van der Waals surface area contributed by atoms with Gasteiger partial charge in [-0.15, -0.1) is 0 Å². The summed E-state index contributed by atoms with van der Waals surface area (Å²) < 4.78 is 13.4. The van der Waals surface area contributed by atoms with E-state index < -0.39 is 0 Å². The summed E-state index contributed by atoms with van der Waals surface area (Å²) in [5, 5.41) is 0. The largest absolute Gasteiger partial charge is 0.287 e. The zero-order valence-electron chi connectivity index (χ0n) is 9.70. The number of carbonyl (C=O) groups excluding carboxylic acids is 1. The van der Waals surface area contributed by atoms with E-state index in [1.54, 1.807) is 31.3 Å². The minimum atomic E-state index is -0.371. The molecule has 86 valence electrons. The van der Waals surface area contributed by atoms with Crippen molar-refractivity contribution < 1.29 is 9.18 Å². The number of aromatic nitrogens is 1. The molecular formula is C14H12FNO. The number of aryl methyl sites for hydroxylation is 2. The number of ketones is 1. The minimum absolute atomic E-state index is 0.248. The second-order valence-corrected chi connectivity index (χ2v) is 3.96. The predicted octanol–water partition coefficient (Wildman–Crippen LogP) is 3.07. The van der Waals surface area contributed by atoms with Crippen LogP contribution in [-0.4, -0.2) is 10.8 Å². The average molecular weight is 229 g/mol. The second-order valence-electron chi connectivity index (χ2n) is 3.96. The number of hydrogen-bond donors (Lipinski definition) is 0. The summed E-state index contributed by atoms with van der Waals surface area (Å²) in [5.41, 5.74) is 2.02. The molecule has 2 aromatic rings. The van der Waals surface area contributed by atoms with E-state index in [2.05, 4.69) is 4.98 Å². The molecule has 0 amide bonds. The topological polar surface area (TPSA) is 30.0 Å². The molecule has 17 heavy (non-hydrogen) atoms. The molecule has 0 saturated carbocycles. The Balaban J connectivity index is 2.44. The van der Waals surface area contributed by atoms with Gasteiger partial charge in [0.1, 0.15) is 11.5 Å². The van der Waals surface area contributed by atoms with E-state index in [0.717, 1.165) is 5.56 Å². The van der Waals surface area contributed by atoms with Crippen LogP contribution in [0.5, 0.6) is 0 Å². The van der Waals surface area contributed by atoms with Gasteiger partial charge in [0, 0.05) is 11.8 Å². The van der Waals surface area contributed by atoms with Crippen LogP contribution in [0.2, 0.25) is 0 Å². The van der Waals surface area contributed by atoms with Crippen molar-refractivity contribution in [2.45, 2.75) is 13.8 Å². The standard InChI is InChI=1S/C14H12FNO/c1-9-5-6-11(8-12(9)15)14(17)13-10(2)4-3-7-16-13/h3-8H,1-2H3. The van der Waals surface area contributed by atoms with Crippen molar-refractivity contribution >= 4 is 5.78 Å². The van der Waals surface area contributed by atoms with E-state index in [1.165, 1.54) is 6.07 Å². The molecule has 0 aliphatic heterocycles. The maximum absolute atomic E-state index is 13.4. The summed E-state index contributed by atoms with van der Waals surface area (Å²) >= 11 is 0. The number of halogens is 1. The lowest BCUT2D eigenvalue weighted by Crippen LogP contribution is -2.06. The first-order valence-electron chi connectivity index (χ1n) is 5.32. The van der Waals surface area contributed by atoms with Gasteiger partial charge in [0.15, 0.2) is 0 Å². The van der Waals surface area contributed by atoms with E-state index in [0.29, 0.717) is 16.8 Å². The first-order valence-corrected chi connectivity index (χ1v) is 5.32. The average Bonchev–Trinajstić information content (AvgIpc) is 2.32. The molecular weight excluding hydrogens is 217 g/mol. The van der Waals surface area contributed by atoms with Crippen LogP contribution in [0.3, 0.4) is 0 Å². The van der Waals surface area contributed by atoms with Crippen LogP contribution in [0, 0.1) is 19.7 Å². The Bertz CT molecular complexity index is 578. The fourth-order valence-electron chi connectivity index (χ4n) is 1.59. The van der Waals surface area contributed by atoms with Crippen LogP contribution in [0.15, 0.2) is 36.5 Å². The van der Waals surface area contributed by atoms with Gasteiger partial charge in [0.25, 0.3) is 0 Å². The Hall–Kier alpha value is -2.03. The highest BCUT2D eigenvalue weighted by molar-refractivity contribution is 6.08. The molecule has 0 unspecified atom stereocenters. The summed E-state index contributed by atoms with van der Waals surface area (Å²) in [6.45, 7) is 3.47. The zero-order valence-corrected chi connectivity index (χ0v) is 9.70. The molecule has 2 rings (SSSR count). The normalized spacial score (nSPS) is 10.3. The number of hydrogen-bond acceptors (Lipinski definition) is 2. The van der Waals surface area contributed by atoms with Crippen molar-refractivity contribution in [3.63, 3.8) is 0 Å². The van der Waals surface area contributed by atoms with Crippen molar-refractivity contribution in [2.75, 3.05) is 0 Å². The van der Waals surface area contributed by atoms with Gasteiger partial charge in [-0.25, -0.2) is 4.39 Å². The van der Waals surface area contributed by atoms with Crippen LogP contribution in [0.1, 0.15) is 27.2 Å². The third-order valence-corrected chi connectivity index (χ3v) is 2.66. The molecule has 1 aromatic heterocycles. The quantitative estimate of drug-likeness (QED) is 0.741. The molecule has 0 aliphatic carbocycles. The maximum atomic E-state index is 13.4. The molecule has 1 heterocycles. The molecule has 0 fully saturated rings. The molecule has 0 bridgehead atoms. The van der Waals surface area contributed by atoms with Crippen molar-refractivity contribution in [3.8, 4) is 0 Å². The summed E-state index contributed by atoms with van der Waals surface area (Å²) in [6.07, 6.45) is 1.56. The van der Waals surface area contributed by atoms with E-state index >= 15 is 0 Å². The molecule has 0 saturated heterocycles. The highest BCUT2D eigenvalue weighted by atomic mass is 19.1. The highest BCUT2D eigenvalue weighted by Crippen LogP contribution is 2.14. The van der Waals surface area contributed by atoms with Gasteiger partial charge in [0.05, 0.1) is 0 Å². The van der Waals surface area contributed by atoms with Gasteiger partial charge < -0.3 is 0 Å². The second kappa shape index (κ2) is 4.45. The van der Waals surface area contributed by atoms with Crippen LogP contribution < -0.4 is 0 Å². The third kappa shape index (κ3) is 2.23. The first kappa shape index (κ1) is 11.5. The Labute approximate surface area is 99.1 Å². The lowest BCUT2D eigenvalue weighted by molar-refractivity contribution is 0.103. The smallest absolute Gasteiger partial charge is 0.211 e. The highest BCUT2D eigenvalue weighted by Gasteiger charge is 2.13. The molecule has 0 aliphatic rings. The van der Waals surface area contributed by atoms with Crippen LogP contribution >= 0.6 is 0 Å². The van der Waals surface area contributed by atoms with Gasteiger partial charge in [-0.1, -0.05) is 18.2 Å². The Morgan fingerprint density at radius 1 is 1.18 bits per heavy atom. The van der Waals surface area contributed by atoms with E-state index in [1.807, 2.05) is 13.0 Å². The monoisotopic (exact) mass is 229 g/mol. The fourth-order valence-corrected chi connectivity index (χ4v) is 1.59. The summed E-state index contributed by atoms with van der Waals surface area (Å²) in [6, 6.07) is 8.05. The van der Waals surface area contributed by atoms with Gasteiger partial charge in [-0.3, -0.25) is 9.78 Å². The molecule has 0 spiro atoms.